The highest BCUT2D eigenvalue weighted by Crippen LogP contribution is 2.32. The summed E-state index contributed by atoms with van der Waals surface area (Å²) in [6, 6.07) is 10.6. The first-order valence-electron chi connectivity index (χ1n) is 11.7. The number of hydrogen-bond donors (Lipinski definition) is 2. The molecule has 0 aliphatic carbocycles. The van der Waals surface area contributed by atoms with Crippen molar-refractivity contribution in [2.24, 2.45) is 0 Å². The molecular formula is C24H28F6N2O7. The number of aliphatic carboxylic acids is 2. The lowest BCUT2D eigenvalue weighted by molar-refractivity contribution is -0.193. The quantitative estimate of drug-likeness (QED) is 0.481. The number of hydrogen-bond acceptors (Lipinski definition) is 7. The van der Waals surface area contributed by atoms with Crippen LogP contribution in [0.15, 0.2) is 41.0 Å². The lowest BCUT2D eigenvalue weighted by Gasteiger charge is -2.35. The number of rotatable bonds is 6. The van der Waals surface area contributed by atoms with Gasteiger partial charge in [0.2, 0.25) is 0 Å². The Hall–Kier alpha value is -3.17. The second kappa shape index (κ2) is 14.3. The van der Waals surface area contributed by atoms with E-state index in [9.17, 15) is 26.3 Å². The molecule has 2 aliphatic rings. The second-order valence-corrected chi connectivity index (χ2v) is 8.67. The molecule has 0 saturated carbocycles. The molecule has 0 aromatic carbocycles. The third kappa shape index (κ3) is 11.2. The number of carboxylic acid groups (broad SMARTS) is 2. The summed E-state index contributed by atoms with van der Waals surface area (Å²) >= 11 is 0. The van der Waals surface area contributed by atoms with Crippen LogP contribution in [0.2, 0.25) is 0 Å². The largest absolute Gasteiger partial charge is 0.490 e. The molecule has 0 spiro atoms. The highest BCUT2D eigenvalue weighted by atomic mass is 19.4. The Balaban J connectivity index is 0.000000317. The van der Waals surface area contributed by atoms with E-state index in [1.54, 1.807) is 6.26 Å². The zero-order chi connectivity index (χ0) is 29.2. The monoisotopic (exact) mass is 570 g/mol. The average molecular weight is 570 g/mol. The summed E-state index contributed by atoms with van der Waals surface area (Å²) in [5.74, 6) is -4.48. The number of aryl methyl sites for hydroxylation is 1. The molecule has 2 fully saturated rings. The van der Waals surface area contributed by atoms with E-state index in [2.05, 4.69) is 9.88 Å². The maximum Gasteiger partial charge on any atom is 0.490 e. The molecule has 15 heteroatoms. The first-order valence-corrected chi connectivity index (χ1v) is 11.7. The Morgan fingerprint density at radius 3 is 2.21 bits per heavy atom. The molecule has 39 heavy (non-hydrogen) atoms. The van der Waals surface area contributed by atoms with Crippen molar-refractivity contribution in [3.05, 3.63) is 53.7 Å². The number of likely N-dealkylation sites (tertiary alicyclic amines) is 1. The lowest BCUT2D eigenvalue weighted by atomic mass is 9.99. The van der Waals surface area contributed by atoms with Crippen molar-refractivity contribution < 1.29 is 60.0 Å². The number of pyridine rings is 1. The molecule has 218 valence electrons. The summed E-state index contributed by atoms with van der Waals surface area (Å²) in [4.78, 5) is 24.8. The molecule has 2 aromatic heterocycles. The van der Waals surface area contributed by atoms with Crippen LogP contribution in [0.3, 0.4) is 0 Å². The van der Waals surface area contributed by atoms with Gasteiger partial charge in [-0.15, -0.1) is 0 Å². The van der Waals surface area contributed by atoms with E-state index in [4.69, 9.17) is 33.7 Å². The van der Waals surface area contributed by atoms with Crippen LogP contribution < -0.4 is 0 Å². The zero-order valence-electron chi connectivity index (χ0n) is 20.7. The highest BCUT2D eigenvalue weighted by molar-refractivity contribution is 5.73. The van der Waals surface area contributed by atoms with Gasteiger partial charge in [0.25, 0.3) is 0 Å². The van der Waals surface area contributed by atoms with E-state index in [1.807, 2.05) is 37.3 Å². The van der Waals surface area contributed by atoms with Crippen LogP contribution in [-0.2, 0) is 32.2 Å². The number of carbonyl (C=O) groups is 2. The first kappa shape index (κ1) is 32.0. The number of alkyl halides is 6. The van der Waals surface area contributed by atoms with Crippen molar-refractivity contribution in [2.45, 2.75) is 69.9 Å². The van der Waals surface area contributed by atoms with Crippen molar-refractivity contribution in [2.75, 3.05) is 13.2 Å². The lowest BCUT2D eigenvalue weighted by Crippen LogP contribution is -2.43. The van der Waals surface area contributed by atoms with Gasteiger partial charge in [0.15, 0.2) is 0 Å². The summed E-state index contributed by atoms with van der Waals surface area (Å²) in [6.45, 7) is 5.17. The van der Waals surface area contributed by atoms with E-state index in [0.29, 0.717) is 25.4 Å². The molecule has 4 heterocycles. The molecule has 0 bridgehead atoms. The van der Waals surface area contributed by atoms with E-state index in [1.165, 1.54) is 6.42 Å². The summed E-state index contributed by atoms with van der Waals surface area (Å²) in [6.07, 6.45) is -4.57. The number of ether oxygens (including phenoxy) is 2. The average Bonchev–Trinajstić information content (AvgIpc) is 3.49. The standard InChI is InChI=1S/C20H26N2O3.2C2HF3O2/c1-15-4-2-5-16(21-15)13-23-14-18-7-8-19-20(25-18)9-10-22(19)12-17-6-3-11-24-17;2*3-2(4,5)1(6)7/h2-6,11,18-20H,7-10,12-14H2,1H3;2*(H,6,7)/t18-,19-,20-;;/m0../s1. The Morgan fingerprint density at radius 1 is 1.03 bits per heavy atom. The second-order valence-electron chi connectivity index (χ2n) is 8.67. The number of fused-ring (bicyclic) bond motifs is 1. The molecule has 0 amide bonds. The summed E-state index contributed by atoms with van der Waals surface area (Å²) in [7, 11) is 0. The minimum Gasteiger partial charge on any atom is -0.475 e. The van der Waals surface area contributed by atoms with Crippen LogP contribution in [0.5, 0.6) is 0 Å². The molecular weight excluding hydrogens is 542 g/mol. The van der Waals surface area contributed by atoms with Gasteiger partial charge >= 0.3 is 24.3 Å². The first-order chi connectivity index (χ1) is 18.2. The predicted molar refractivity (Wildman–Crippen MR) is 121 cm³/mol. The highest BCUT2D eigenvalue weighted by Gasteiger charge is 2.40. The molecule has 2 N–H and O–H groups in total. The SMILES string of the molecule is Cc1cccc(COC[C@@H]2CC[C@H]3[C@H](CCN3Cc3ccco3)O2)n1.O=C(O)C(F)(F)F.O=C(O)C(F)(F)F. The normalized spacial score (nSPS) is 21.2. The fourth-order valence-electron chi connectivity index (χ4n) is 3.98. The minimum atomic E-state index is -5.08. The van der Waals surface area contributed by atoms with Gasteiger partial charge in [-0.2, -0.15) is 26.3 Å². The molecule has 2 saturated heterocycles. The Bertz CT molecular complexity index is 1020. The fraction of sp³-hybridized carbons (Fsp3) is 0.542. The number of furan rings is 1. The minimum absolute atomic E-state index is 0.203. The van der Waals surface area contributed by atoms with Crippen molar-refractivity contribution in [3.63, 3.8) is 0 Å². The Labute approximate surface area is 219 Å². The van der Waals surface area contributed by atoms with Gasteiger partial charge in [-0.05, 0) is 50.5 Å². The van der Waals surface area contributed by atoms with Crippen LogP contribution >= 0.6 is 0 Å². The maximum atomic E-state index is 10.6. The van der Waals surface area contributed by atoms with Gasteiger partial charge in [-0.1, -0.05) is 6.07 Å². The van der Waals surface area contributed by atoms with Crippen molar-refractivity contribution in [1.29, 1.82) is 0 Å². The zero-order valence-corrected chi connectivity index (χ0v) is 20.7. The van der Waals surface area contributed by atoms with Gasteiger partial charge in [0.05, 0.1) is 43.9 Å². The predicted octanol–water partition coefficient (Wildman–Crippen LogP) is 4.59. The van der Waals surface area contributed by atoms with Crippen LogP contribution in [0.4, 0.5) is 26.3 Å². The van der Waals surface area contributed by atoms with Crippen LogP contribution in [-0.4, -0.2) is 75.8 Å². The fourth-order valence-corrected chi connectivity index (χ4v) is 3.98. The molecule has 9 nitrogen and oxygen atoms in total. The van der Waals surface area contributed by atoms with Gasteiger partial charge in [-0.25, -0.2) is 9.59 Å². The van der Waals surface area contributed by atoms with E-state index >= 15 is 0 Å². The molecule has 4 rings (SSSR count). The summed E-state index contributed by atoms with van der Waals surface area (Å²) < 4.78 is 81.1. The van der Waals surface area contributed by atoms with Crippen LogP contribution in [0, 0.1) is 6.92 Å². The third-order valence-corrected chi connectivity index (χ3v) is 5.67. The number of nitrogens with zero attached hydrogens (tertiary/aromatic N) is 2. The maximum absolute atomic E-state index is 10.6. The van der Waals surface area contributed by atoms with Crippen LogP contribution in [0.1, 0.15) is 36.4 Å². The van der Waals surface area contributed by atoms with Gasteiger partial charge in [0.1, 0.15) is 5.76 Å². The van der Waals surface area contributed by atoms with Crippen molar-refractivity contribution in [3.8, 4) is 0 Å². The Kier molecular flexibility index (Phi) is 11.7. The van der Waals surface area contributed by atoms with Gasteiger partial charge in [-0.3, -0.25) is 9.88 Å². The van der Waals surface area contributed by atoms with Gasteiger partial charge in [0, 0.05) is 18.3 Å². The van der Waals surface area contributed by atoms with Gasteiger partial charge < -0.3 is 24.1 Å². The number of aromatic nitrogens is 1. The van der Waals surface area contributed by atoms with Crippen molar-refractivity contribution in [1.82, 2.24) is 9.88 Å². The van der Waals surface area contributed by atoms with E-state index in [-0.39, 0.29) is 6.10 Å². The topological polar surface area (TPSA) is 122 Å². The smallest absolute Gasteiger partial charge is 0.475 e. The van der Waals surface area contributed by atoms with Crippen LogP contribution in [0.25, 0.3) is 0 Å². The Morgan fingerprint density at radius 2 is 1.67 bits per heavy atom. The summed E-state index contributed by atoms with van der Waals surface area (Å²) in [5.41, 5.74) is 2.01. The molecule has 0 radical (unpaired) electrons. The number of carboxylic acids is 2. The molecule has 2 aliphatic heterocycles. The molecule has 2 aromatic rings. The van der Waals surface area contributed by atoms with E-state index < -0.39 is 24.3 Å². The summed E-state index contributed by atoms with van der Waals surface area (Å²) in [5, 5.41) is 14.2. The third-order valence-electron chi connectivity index (χ3n) is 5.67. The molecule has 0 unspecified atom stereocenters. The number of halogens is 6. The molecule has 3 atom stereocenters. The van der Waals surface area contributed by atoms with E-state index in [0.717, 1.165) is 43.1 Å². The van der Waals surface area contributed by atoms with Crippen molar-refractivity contribution >= 4 is 11.9 Å².